The summed E-state index contributed by atoms with van der Waals surface area (Å²) in [5, 5.41) is 1.09. The lowest BCUT2D eigenvalue weighted by Gasteiger charge is -2.15. The average molecular weight is 341 g/mol. The van der Waals surface area contributed by atoms with Crippen molar-refractivity contribution < 1.29 is 9.59 Å². The maximum atomic E-state index is 12.4. The van der Waals surface area contributed by atoms with Crippen molar-refractivity contribution in [1.29, 1.82) is 0 Å². The minimum Gasteiger partial charge on any atom is -0.267 e. The lowest BCUT2D eigenvalue weighted by molar-refractivity contribution is -0.123. The highest BCUT2D eigenvalue weighted by molar-refractivity contribution is 8.26. The smallest absolute Gasteiger partial charge is 0.267 e. The number of amides is 2. The minimum atomic E-state index is -0.435. The molecule has 7 heteroatoms. The maximum absolute atomic E-state index is 12.4. The predicted molar refractivity (Wildman–Crippen MR) is 93.2 cm³/mol. The zero-order valence-corrected chi connectivity index (χ0v) is 13.4. The molecule has 114 valence electrons. The second kappa shape index (κ2) is 6.72. The van der Waals surface area contributed by atoms with E-state index >= 15 is 0 Å². The molecule has 2 amide bonds. The van der Waals surface area contributed by atoms with Crippen LogP contribution >= 0.6 is 24.0 Å². The molecule has 1 aliphatic rings. The Hall–Kier alpha value is -2.51. The first-order valence-corrected chi connectivity index (χ1v) is 7.91. The van der Waals surface area contributed by atoms with Gasteiger partial charge < -0.3 is 0 Å². The van der Waals surface area contributed by atoms with E-state index in [1.54, 1.807) is 24.4 Å². The number of pyridine rings is 1. The molecule has 0 spiro atoms. The molecule has 0 atom stereocenters. The largest absolute Gasteiger partial charge is 0.285 e. The van der Waals surface area contributed by atoms with E-state index in [1.165, 1.54) is 6.20 Å². The predicted octanol–water partition coefficient (Wildman–Crippen LogP) is 2.63. The number of hydrazine groups is 1. The van der Waals surface area contributed by atoms with Gasteiger partial charge in [0.25, 0.3) is 11.8 Å². The first kappa shape index (κ1) is 15.4. The Morgan fingerprint density at radius 1 is 1.22 bits per heavy atom. The second-order valence-electron chi connectivity index (χ2n) is 4.61. The summed E-state index contributed by atoms with van der Waals surface area (Å²) < 4.78 is 0.287. The van der Waals surface area contributed by atoms with Gasteiger partial charge in [-0.25, -0.2) is 0 Å². The summed E-state index contributed by atoms with van der Waals surface area (Å²) in [6.45, 7) is 0. The van der Waals surface area contributed by atoms with Crippen LogP contribution in [0.2, 0.25) is 0 Å². The summed E-state index contributed by atoms with van der Waals surface area (Å²) in [6, 6.07) is 12.7. The second-order valence-corrected chi connectivity index (χ2v) is 6.29. The number of thiocarbonyl (C=S) groups is 1. The van der Waals surface area contributed by atoms with Crippen molar-refractivity contribution in [2.45, 2.75) is 0 Å². The number of benzene rings is 1. The molecule has 1 N–H and O–H groups in total. The van der Waals surface area contributed by atoms with Gasteiger partial charge in [-0.05, 0) is 36.0 Å². The molecule has 0 saturated carbocycles. The molecule has 23 heavy (non-hydrogen) atoms. The van der Waals surface area contributed by atoms with Gasteiger partial charge in [-0.3, -0.25) is 20.0 Å². The number of hydrogen-bond donors (Lipinski definition) is 1. The van der Waals surface area contributed by atoms with Crippen molar-refractivity contribution >= 4 is 46.2 Å². The van der Waals surface area contributed by atoms with E-state index in [0.29, 0.717) is 10.5 Å². The van der Waals surface area contributed by atoms with E-state index in [0.717, 1.165) is 22.3 Å². The number of nitrogens with one attached hydrogen (secondary N) is 1. The van der Waals surface area contributed by atoms with E-state index in [1.807, 2.05) is 30.3 Å². The van der Waals surface area contributed by atoms with Gasteiger partial charge in [-0.1, -0.05) is 42.1 Å². The Morgan fingerprint density at radius 3 is 2.70 bits per heavy atom. The Bertz CT molecular complexity index is 791. The molecule has 0 unspecified atom stereocenters. The van der Waals surface area contributed by atoms with Crippen molar-refractivity contribution in [1.82, 2.24) is 15.4 Å². The fourth-order valence-corrected chi connectivity index (χ4v) is 3.11. The van der Waals surface area contributed by atoms with Crippen molar-refractivity contribution in [2.24, 2.45) is 0 Å². The fraction of sp³-hybridized carbons (Fsp3) is 0. The standard InChI is InChI=1S/C16H11N3O2S2/c20-14(12-7-4-8-17-10-12)18-19-15(21)13(23-16(19)22)9-11-5-2-1-3-6-11/h1-10H,(H,18,20)/b13-9-. The van der Waals surface area contributed by atoms with Gasteiger partial charge in [0.2, 0.25) is 0 Å². The van der Waals surface area contributed by atoms with Crippen LogP contribution in [0.3, 0.4) is 0 Å². The summed E-state index contributed by atoms with van der Waals surface area (Å²) in [6.07, 6.45) is 4.74. The van der Waals surface area contributed by atoms with Gasteiger partial charge in [0.15, 0.2) is 4.32 Å². The molecule has 1 aromatic heterocycles. The van der Waals surface area contributed by atoms with E-state index in [4.69, 9.17) is 12.2 Å². The number of rotatable bonds is 3. The number of nitrogens with zero attached hydrogens (tertiary/aromatic N) is 2. The van der Waals surface area contributed by atoms with E-state index in [-0.39, 0.29) is 10.2 Å². The zero-order valence-electron chi connectivity index (χ0n) is 11.8. The van der Waals surface area contributed by atoms with Crippen molar-refractivity contribution in [2.75, 3.05) is 0 Å². The first-order chi connectivity index (χ1) is 11.1. The monoisotopic (exact) mass is 341 g/mol. The molecule has 5 nitrogen and oxygen atoms in total. The molecular formula is C16H11N3O2S2. The van der Waals surface area contributed by atoms with Crippen molar-refractivity contribution in [3.63, 3.8) is 0 Å². The number of carbonyl (C=O) groups excluding carboxylic acids is 2. The molecule has 1 aromatic carbocycles. The molecule has 3 rings (SSSR count). The normalized spacial score (nSPS) is 16.0. The van der Waals surface area contributed by atoms with Gasteiger partial charge >= 0.3 is 0 Å². The summed E-state index contributed by atoms with van der Waals surface area (Å²) >= 11 is 6.33. The summed E-state index contributed by atoms with van der Waals surface area (Å²) in [5.41, 5.74) is 3.76. The highest BCUT2D eigenvalue weighted by Gasteiger charge is 2.33. The van der Waals surface area contributed by atoms with E-state index < -0.39 is 5.91 Å². The molecular weight excluding hydrogens is 330 g/mol. The Labute approximate surface area is 142 Å². The Morgan fingerprint density at radius 2 is 2.00 bits per heavy atom. The SMILES string of the molecule is O=C(NN1C(=O)/C(=C/c2ccccc2)SC1=S)c1cccnc1. The molecule has 0 radical (unpaired) electrons. The van der Waals surface area contributed by atoms with E-state index in [2.05, 4.69) is 10.4 Å². The number of aromatic nitrogens is 1. The molecule has 2 heterocycles. The number of carbonyl (C=O) groups is 2. The molecule has 1 fully saturated rings. The van der Waals surface area contributed by atoms with Crippen LogP contribution in [0.4, 0.5) is 0 Å². The van der Waals surface area contributed by atoms with Crippen molar-refractivity contribution in [3.05, 3.63) is 70.9 Å². The van der Waals surface area contributed by atoms with Gasteiger partial charge in [-0.2, -0.15) is 5.01 Å². The third-order valence-electron chi connectivity index (χ3n) is 3.03. The molecule has 2 aromatic rings. The van der Waals surface area contributed by atoms with Crippen LogP contribution < -0.4 is 5.43 Å². The van der Waals surface area contributed by atoms with Crippen LogP contribution in [-0.2, 0) is 4.79 Å². The van der Waals surface area contributed by atoms with E-state index in [9.17, 15) is 9.59 Å². The Kier molecular flexibility index (Phi) is 4.50. The first-order valence-electron chi connectivity index (χ1n) is 6.69. The third kappa shape index (κ3) is 3.46. The highest BCUT2D eigenvalue weighted by Crippen LogP contribution is 2.31. The van der Waals surface area contributed by atoms with Crippen LogP contribution in [0.1, 0.15) is 15.9 Å². The van der Waals surface area contributed by atoms with Crippen molar-refractivity contribution in [3.8, 4) is 0 Å². The van der Waals surface area contributed by atoms with Crippen LogP contribution in [0, 0.1) is 0 Å². The lowest BCUT2D eigenvalue weighted by Crippen LogP contribution is -2.44. The third-order valence-corrected chi connectivity index (χ3v) is 4.33. The Balaban J connectivity index is 1.77. The van der Waals surface area contributed by atoms with Gasteiger partial charge in [0, 0.05) is 12.4 Å². The fourth-order valence-electron chi connectivity index (χ4n) is 1.93. The minimum absolute atomic E-state index is 0.287. The summed E-state index contributed by atoms with van der Waals surface area (Å²) in [4.78, 5) is 28.9. The van der Waals surface area contributed by atoms with Gasteiger partial charge in [0.05, 0.1) is 10.5 Å². The number of thioether (sulfide) groups is 1. The molecule has 1 aliphatic heterocycles. The van der Waals surface area contributed by atoms with Crippen LogP contribution in [0.5, 0.6) is 0 Å². The van der Waals surface area contributed by atoms with Crippen LogP contribution in [-0.4, -0.2) is 26.1 Å². The molecule has 0 aliphatic carbocycles. The van der Waals surface area contributed by atoms with Crippen LogP contribution in [0.15, 0.2) is 59.8 Å². The zero-order chi connectivity index (χ0) is 16.2. The quantitative estimate of drug-likeness (QED) is 0.687. The highest BCUT2D eigenvalue weighted by atomic mass is 32.2. The molecule has 1 saturated heterocycles. The number of hydrogen-bond acceptors (Lipinski definition) is 5. The van der Waals surface area contributed by atoms with Gasteiger partial charge in [-0.15, -0.1) is 0 Å². The molecule has 0 bridgehead atoms. The topological polar surface area (TPSA) is 62.3 Å². The van der Waals surface area contributed by atoms with Gasteiger partial charge in [0.1, 0.15) is 0 Å². The maximum Gasteiger partial charge on any atom is 0.285 e. The summed E-state index contributed by atoms with van der Waals surface area (Å²) in [7, 11) is 0. The summed E-state index contributed by atoms with van der Waals surface area (Å²) in [5.74, 6) is -0.781. The van der Waals surface area contributed by atoms with Crippen LogP contribution in [0.25, 0.3) is 6.08 Å². The lowest BCUT2D eigenvalue weighted by atomic mass is 10.2. The average Bonchev–Trinajstić information content (AvgIpc) is 2.84.